The van der Waals surface area contributed by atoms with Gasteiger partial charge in [0.1, 0.15) is 24.2 Å². The van der Waals surface area contributed by atoms with Gasteiger partial charge in [0.05, 0.1) is 11.9 Å². The Labute approximate surface area is 315 Å². The summed E-state index contributed by atoms with van der Waals surface area (Å²) in [4.78, 5) is 50.7. The Morgan fingerprint density at radius 1 is 0.642 bits per heavy atom. The van der Waals surface area contributed by atoms with Gasteiger partial charge in [-0.3, -0.25) is 9.59 Å². The monoisotopic (exact) mass is 742 g/mol. The quantitative estimate of drug-likeness (QED) is 0.0547. The first-order valence-corrected chi connectivity index (χ1v) is 15.5. The molecule has 0 aromatic heterocycles. The number of ether oxygens (including phenoxy) is 3. The molecule has 0 bridgehead atoms. The summed E-state index contributed by atoms with van der Waals surface area (Å²) in [5, 5.41) is 93.4. The van der Waals surface area contributed by atoms with Crippen LogP contribution < -0.4 is 14.9 Å². The zero-order valence-corrected chi connectivity index (χ0v) is 28.9. The van der Waals surface area contributed by atoms with Gasteiger partial charge in [0.15, 0.2) is 46.0 Å². The Bertz CT molecular complexity index is 2050. The summed E-state index contributed by atoms with van der Waals surface area (Å²) in [5.41, 5.74) is 0.596. The number of benzene rings is 4. The van der Waals surface area contributed by atoms with Crippen LogP contribution in [-0.4, -0.2) is 94.9 Å². The molecule has 4 aromatic rings. The molecule has 1 heterocycles. The second-order valence-electron chi connectivity index (χ2n) is 11.8. The van der Waals surface area contributed by atoms with E-state index in [0.717, 1.165) is 36.4 Å². The fourth-order valence-electron chi connectivity index (χ4n) is 5.71. The molecule has 1 aliphatic heterocycles. The molecule has 1 aliphatic rings. The maximum Gasteiger partial charge on any atom is 2.00 e. The fraction of sp³-hybridized carbons (Fsp3) is 0.222. The van der Waals surface area contributed by atoms with Gasteiger partial charge in [-0.25, -0.2) is 0 Å². The van der Waals surface area contributed by atoms with Gasteiger partial charge in [-0.05, 0) is 71.1 Å². The van der Waals surface area contributed by atoms with Crippen molar-refractivity contribution in [3.63, 3.8) is 0 Å². The predicted molar refractivity (Wildman–Crippen MR) is 175 cm³/mol. The summed E-state index contributed by atoms with van der Waals surface area (Å²) in [6, 6.07) is 13.0. The van der Waals surface area contributed by atoms with Gasteiger partial charge >= 0.3 is 35.0 Å². The Hall–Kier alpha value is -6.07. The second kappa shape index (κ2) is 16.5. The molecule has 272 valence electrons. The molecular formula is C36H30MgO16. The van der Waals surface area contributed by atoms with Crippen molar-refractivity contribution in [3.05, 3.63) is 94.5 Å². The number of carboxylic acid groups (broad SMARTS) is 2. The molecule has 0 saturated carbocycles. The van der Waals surface area contributed by atoms with E-state index < -0.39 is 108 Å². The Morgan fingerprint density at radius 2 is 1.13 bits per heavy atom. The molecule has 4 atom stereocenters. The first-order chi connectivity index (χ1) is 24.6. The van der Waals surface area contributed by atoms with Gasteiger partial charge in [0.25, 0.3) is 0 Å². The summed E-state index contributed by atoms with van der Waals surface area (Å²) in [7, 11) is 0. The number of hydrogen-bond acceptors (Lipinski definition) is 16. The van der Waals surface area contributed by atoms with E-state index in [2.05, 4.69) is 0 Å². The number of aryl methyl sites for hydroxylation is 1. The summed E-state index contributed by atoms with van der Waals surface area (Å²) in [6.45, 7) is 0. The number of phenolic OH excluding ortho intramolecular Hbond substituents is 7. The fourth-order valence-corrected chi connectivity index (χ4v) is 5.71. The molecule has 5 rings (SSSR count). The van der Waals surface area contributed by atoms with Gasteiger partial charge in [-0.1, -0.05) is 24.3 Å². The minimum absolute atomic E-state index is 0. The number of esters is 2. The third kappa shape index (κ3) is 9.05. The summed E-state index contributed by atoms with van der Waals surface area (Å²) < 4.78 is 16.5. The number of carboxylic acids is 2. The molecule has 0 amide bonds. The molecule has 0 radical (unpaired) electrons. The Kier molecular flexibility index (Phi) is 12.4. The molecule has 7 N–H and O–H groups in total. The number of fused-ring (bicyclic) bond motifs is 1. The third-order valence-electron chi connectivity index (χ3n) is 8.28. The third-order valence-corrected chi connectivity index (χ3v) is 8.28. The first-order valence-electron chi connectivity index (χ1n) is 15.5. The predicted octanol–water partition coefficient (Wildman–Crippen LogP) is 0.204. The maximum absolute atomic E-state index is 13.9. The molecule has 4 aromatic carbocycles. The second-order valence-corrected chi connectivity index (χ2v) is 11.8. The van der Waals surface area contributed by atoms with Crippen LogP contribution in [-0.2, 0) is 47.9 Å². The average Bonchev–Trinajstić information content (AvgIpc) is 3.50. The number of carbonyl (C=O) groups is 4. The summed E-state index contributed by atoms with van der Waals surface area (Å²) in [6.07, 6.45) is -6.77. The van der Waals surface area contributed by atoms with E-state index in [1.54, 1.807) is 0 Å². The van der Waals surface area contributed by atoms with Crippen molar-refractivity contribution >= 4 is 46.9 Å². The number of aromatic hydroxyl groups is 7. The minimum atomic E-state index is -1.94. The summed E-state index contributed by atoms with van der Waals surface area (Å²) in [5.74, 6) is -11.2. The van der Waals surface area contributed by atoms with E-state index in [1.807, 2.05) is 0 Å². The van der Waals surface area contributed by atoms with E-state index in [9.17, 15) is 65.1 Å². The number of rotatable bonds is 13. The molecule has 0 unspecified atom stereocenters. The standard InChI is InChI=1S/C36H32O16.Mg/c37-20-6-1-16(11-24(20)41)13-27(34(45)46)50-29(44)10-5-18-3-9-23(40)33-30(18)31(32(52-33)19-4-8-22(39)26(43)15-19)36(49)51-28(35(47)48)14-17-2-7-21(38)25(42)12-17;/h1-4,6-9,11-12,15,27-28,31-32,37-43H,5,10,13-14H2,(H,45,46)(H,47,48);/q;+2/p-2/t27-,28+,31+,32-;/m1./s1. The van der Waals surface area contributed by atoms with Crippen LogP contribution in [0.5, 0.6) is 46.0 Å². The molecule has 0 fully saturated rings. The smallest absolute Gasteiger partial charge is 0.546 e. The molecule has 16 nitrogen and oxygen atoms in total. The van der Waals surface area contributed by atoms with Gasteiger partial charge in [0.2, 0.25) is 0 Å². The maximum atomic E-state index is 13.9. The van der Waals surface area contributed by atoms with Crippen LogP contribution in [0.1, 0.15) is 46.3 Å². The van der Waals surface area contributed by atoms with E-state index in [4.69, 9.17) is 14.2 Å². The molecule has 53 heavy (non-hydrogen) atoms. The van der Waals surface area contributed by atoms with Crippen molar-refractivity contribution in [2.24, 2.45) is 0 Å². The number of carbonyl (C=O) groups excluding carboxylic acids is 4. The number of phenols is 7. The van der Waals surface area contributed by atoms with Crippen molar-refractivity contribution in [2.75, 3.05) is 0 Å². The van der Waals surface area contributed by atoms with Crippen molar-refractivity contribution < 1.29 is 79.3 Å². The Morgan fingerprint density at radius 3 is 1.64 bits per heavy atom. The molecule has 0 saturated heterocycles. The molecular weight excluding hydrogens is 713 g/mol. The van der Waals surface area contributed by atoms with E-state index >= 15 is 0 Å². The van der Waals surface area contributed by atoms with Crippen LogP contribution in [0.4, 0.5) is 0 Å². The van der Waals surface area contributed by atoms with Crippen LogP contribution in [0.25, 0.3) is 0 Å². The van der Waals surface area contributed by atoms with Crippen LogP contribution in [0.2, 0.25) is 0 Å². The van der Waals surface area contributed by atoms with Crippen molar-refractivity contribution in [3.8, 4) is 46.0 Å². The van der Waals surface area contributed by atoms with Crippen molar-refractivity contribution in [2.45, 2.75) is 49.9 Å². The van der Waals surface area contributed by atoms with E-state index in [1.165, 1.54) is 30.3 Å². The zero-order valence-electron chi connectivity index (χ0n) is 27.5. The van der Waals surface area contributed by atoms with Crippen LogP contribution in [0.15, 0.2) is 66.7 Å². The normalized spacial score (nSPS) is 15.5. The van der Waals surface area contributed by atoms with Crippen molar-refractivity contribution in [1.82, 2.24) is 0 Å². The van der Waals surface area contributed by atoms with Crippen LogP contribution >= 0.6 is 0 Å². The largest absolute Gasteiger partial charge is 2.00 e. The zero-order chi connectivity index (χ0) is 37.9. The van der Waals surface area contributed by atoms with Gasteiger partial charge < -0.3 is 69.8 Å². The van der Waals surface area contributed by atoms with Gasteiger partial charge in [0, 0.05) is 24.8 Å². The van der Waals surface area contributed by atoms with Gasteiger partial charge in [-0.15, -0.1) is 0 Å². The minimum Gasteiger partial charge on any atom is -0.546 e. The molecule has 0 spiro atoms. The van der Waals surface area contributed by atoms with Crippen molar-refractivity contribution in [1.29, 1.82) is 0 Å². The summed E-state index contributed by atoms with van der Waals surface area (Å²) >= 11 is 0. The average molecular weight is 743 g/mol. The van der Waals surface area contributed by atoms with E-state index in [0.29, 0.717) is 0 Å². The van der Waals surface area contributed by atoms with Crippen LogP contribution in [0, 0.1) is 0 Å². The Balaban J connectivity index is 0.00000627. The SMILES string of the molecule is O=C(CCc1ccc(O)c2c1[C@H](C(=O)O[C@@H](Cc1ccc(O)c(O)c1)C(=O)[O-])[C@@H](c1ccc(O)c(O)c1)O2)O[C@H](Cc1ccc(O)c(O)c1)C(=O)[O-].[Mg+2]. The van der Waals surface area contributed by atoms with Crippen LogP contribution in [0.3, 0.4) is 0 Å². The first kappa shape index (κ1) is 39.7. The number of aliphatic carboxylic acids is 2. The topological polar surface area (TPSA) is 284 Å². The molecule has 17 heteroatoms. The van der Waals surface area contributed by atoms with E-state index in [-0.39, 0.29) is 63.0 Å². The number of hydrogen-bond donors (Lipinski definition) is 7. The molecule has 0 aliphatic carbocycles. The van der Waals surface area contributed by atoms with Gasteiger partial charge in [-0.2, -0.15) is 0 Å².